The molecule has 7 heteroatoms. The van der Waals surface area contributed by atoms with E-state index in [0.29, 0.717) is 22.6 Å². The van der Waals surface area contributed by atoms with E-state index >= 15 is 0 Å². The summed E-state index contributed by atoms with van der Waals surface area (Å²) in [7, 11) is 0. The van der Waals surface area contributed by atoms with E-state index in [1.54, 1.807) is 30.3 Å². The van der Waals surface area contributed by atoms with Crippen LogP contribution < -0.4 is 15.2 Å². The van der Waals surface area contributed by atoms with Crippen molar-refractivity contribution in [2.75, 3.05) is 0 Å². The van der Waals surface area contributed by atoms with Crippen LogP contribution in [0.5, 0.6) is 11.5 Å². The maximum atomic E-state index is 11.0. The number of ether oxygens (including phenoxy) is 2. The summed E-state index contributed by atoms with van der Waals surface area (Å²) in [6.07, 6.45) is -0.0694. The van der Waals surface area contributed by atoms with Gasteiger partial charge >= 0.3 is 0 Å². The van der Waals surface area contributed by atoms with Gasteiger partial charge in [-0.3, -0.25) is 14.9 Å². The minimum Gasteiger partial charge on any atom is -0.491 e. The Morgan fingerprint density at radius 1 is 1.21 bits per heavy atom. The minimum atomic E-state index is -0.521. The van der Waals surface area contributed by atoms with Crippen LogP contribution in [0.25, 0.3) is 0 Å². The van der Waals surface area contributed by atoms with Crippen molar-refractivity contribution in [3.05, 3.63) is 63.7 Å². The lowest BCUT2D eigenvalue weighted by Crippen LogP contribution is -2.10. The molecule has 0 bridgehead atoms. The molecule has 0 unspecified atom stereocenters. The smallest absolute Gasteiger partial charge is 0.270 e. The Labute approximate surface area is 139 Å². The predicted octanol–water partition coefficient (Wildman–Crippen LogP) is 3.06. The van der Waals surface area contributed by atoms with Crippen LogP contribution in [-0.4, -0.2) is 16.9 Å². The van der Waals surface area contributed by atoms with Crippen LogP contribution in [-0.2, 0) is 6.61 Å². The second-order valence-electron chi connectivity index (χ2n) is 5.39. The van der Waals surface area contributed by atoms with E-state index in [4.69, 9.17) is 15.2 Å². The Bertz CT molecular complexity index is 741. The molecule has 0 heterocycles. The van der Waals surface area contributed by atoms with Crippen LogP contribution in [0, 0.1) is 10.1 Å². The zero-order chi connectivity index (χ0) is 17.7. The van der Waals surface area contributed by atoms with Crippen molar-refractivity contribution in [3.63, 3.8) is 0 Å². The number of nitrogens with zero attached hydrogens (tertiary/aromatic N) is 1. The van der Waals surface area contributed by atoms with Crippen LogP contribution >= 0.6 is 0 Å². The molecule has 0 spiro atoms. The first-order valence-corrected chi connectivity index (χ1v) is 7.33. The maximum Gasteiger partial charge on any atom is 0.270 e. The number of hydrogen-bond acceptors (Lipinski definition) is 5. The Morgan fingerprint density at radius 3 is 2.42 bits per heavy atom. The predicted molar refractivity (Wildman–Crippen MR) is 88.2 cm³/mol. The summed E-state index contributed by atoms with van der Waals surface area (Å²) in [5.74, 6) is 0.527. The second kappa shape index (κ2) is 7.45. The number of carbonyl (C=O) groups excluding carboxylic acids is 1. The first-order valence-electron chi connectivity index (χ1n) is 7.33. The highest BCUT2D eigenvalue weighted by Crippen LogP contribution is 2.26. The Kier molecular flexibility index (Phi) is 5.36. The third kappa shape index (κ3) is 4.45. The average Bonchev–Trinajstić information content (AvgIpc) is 2.53. The van der Waals surface area contributed by atoms with E-state index in [0.717, 1.165) is 0 Å². The van der Waals surface area contributed by atoms with Gasteiger partial charge in [0.1, 0.15) is 18.1 Å². The fraction of sp³-hybridized carbons (Fsp3) is 0.235. The molecule has 0 atom stereocenters. The highest BCUT2D eigenvalue weighted by molar-refractivity contribution is 5.92. The van der Waals surface area contributed by atoms with Crippen molar-refractivity contribution >= 4 is 11.6 Å². The highest BCUT2D eigenvalue weighted by atomic mass is 16.6. The van der Waals surface area contributed by atoms with Gasteiger partial charge in [-0.05, 0) is 44.2 Å². The van der Waals surface area contributed by atoms with Gasteiger partial charge in [-0.25, -0.2) is 0 Å². The van der Waals surface area contributed by atoms with Crippen LogP contribution in [0.1, 0.15) is 29.8 Å². The first-order chi connectivity index (χ1) is 11.4. The summed E-state index contributed by atoms with van der Waals surface area (Å²) in [5, 5.41) is 10.9. The summed E-state index contributed by atoms with van der Waals surface area (Å²) < 4.78 is 11.3. The molecule has 7 nitrogen and oxygen atoms in total. The van der Waals surface area contributed by atoms with Gasteiger partial charge < -0.3 is 15.2 Å². The Morgan fingerprint density at radius 2 is 1.88 bits per heavy atom. The Hall–Kier alpha value is -3.09. The molecule has 0 fully saturated rings. The van der Waals surface area contributed by atoms with Gasteiger partial charge in [-0.15, -0.1) is 0 Å². The van der Waals surface area contributed by atoms with E-state index < -0.39 is 10.8 Å². The van der Waals surface area contributed by atoms with Gasteiger partial charge in [0.25, 0.3) is 5.69 Å². The molecule has 0 saturated heterocycles. The number of carbonyl (C=O) groups is 1. The van der Waals surface area contributed by atoms with Gasteiger partial charge in [-0.2, -0.15) is 0 Å². The number of non-ortho nitro benzene ring substituents is 1. The van der Waals surface area contributed by atoms with E-state index in [2.05, 4.69) is 0 Å². The lowest BCUT2D eigenvalue weighted by molar-refractivity contribution is -0.385. The van der Waals surface area contributed by atoms with E-state index in [1.165, 1.54) is 12.1 Å². The van der Waals surface area contributed by atoms with Crippen LogP contribution in [0.15, 0.2) is 42.5 Å². The molecule has 2 aromatic carbocycles. The van der Waals surface area contributed by atoms with Gasteiger partial charge in [0.15, 0.2) is 0 Å². The molecule has 2 N–H and O–H groups in total. The molecule has 2 aromatic rings. The summed E-state index contributed by atoms with van der Waals surface area (Å²) in [5.41, 5.74) is 6.09. The number of nitro benzene ring substituents is 1. The van der Waals surface area contributed by atoms with Crippen molar-refractivity contribution in [1.29, 1.82) is 0 Å². The number of primary amides is 1. The molecular weight excluding hydrogens is 312 g/mol. The number of benzene rings is 2. The first kappa shape index (κ1) is 17.3. The molecule has 0 aromatic heterocycles. The lowest BCUT2D eigenvalue weighted by atomic mass is 10.2. The molecule has 0 aliphatic rings. The zero-order valence-electron chi connectivity index (χ0n) is 13.4. The molecule has 126 valence electrons. The molecule has 24 heavy (non-hydrogen) atoms. The van der Waals surface area contributed by atoms with Gasteiger partial charge in [0, 0.05) is 23.3 Å². The minimum absolute atomic E-state index is 0.0335. The third-order valence-corrected chi connectivity index (χ3v) is 3.15. The SMILES string of the molecule is CC(C)Oc1ccc([N+](=O)[O-])cc1COc1ccc(C(N)=O)cc1. The van der Waals surface area contributed by atoms with Gasteiger partial charge in [-0.1, -0.05) is 0 Å². The maximum absolute atomic E-state index is 11.0. The topological polar surface area (TPSA) is 105 Å². The Balaban J connectivity index is 2.18. The number of rotatable bonds is 7. The van der Waals surface area contributed by atoms with E-state index in [9.17, 15) is 14.9 Å². The summed E-state index contributed by atoms with van der Waals surface area (Å²) in [6.45, 7) is 3.84. The molecule has 1 amide bonds. The normalized spacial score (nSPS) is 10.5. The fourth-order valence-electron chi connectivity index (χ4n) is 2.04. The zero-order valence-corrected chi connectivity index (χ0v) is 13.4. The van der Waals surface area contributed by atoms with Crippen molar-refractivity contribution in [3.8, 4) is 11.5 Å². The van der Waals surface area contributed by atoms with Crippen molar-refractivity contribution < 1.29 is 19.2 Å². The second-order valence-corrected chi connectivity index (χ2v) is 5.39. The molecule has 0 aliphatic carbocycles. The van der Waals surface area contributed by atoms with Crippen molar-refractivity contribution in [2.24, 2.45) is 5.73 Å². The molecular formula is C17H18N2O5. The van der Waals surface area contributed by atoms with Crippen molar-refractivity contribution in [2.45, 2.75) is 26.6 Å². The van der Waals surface area contributed by atoms with Gasteiger partial charge in [0.2, 0.25) is 5.91 Å². The monoisotopic (exact) mass is 330 g/mol. The molecule has 0 aliphatic heterocycles. The van der Waals surface area contributed by atoms with Crippen LogP contribution in [0.4, 0.5) is 5.69 Å². The number of nitrogens with two attached hydrogens (primary N) is 1. The summed E-state index contributed by atoms with van der Waals surface area (Å²) >= 11 is 0. The summed E-state index contributed by atoms with van der Waals surface area (Å²) in [4.78, 5) is 21.5. The fourth-order valence-corrected chi connectivity index (χ4v) is 2.04. The number of amides is 1. The highest BCUT2D eigenvalue weighted by Gasteiger charge is 2.13. The molecule has 2 rings (SSSR count). The lowest BCUT2D eigenvalue weighted by Gasteiger charge is -2.15. The van der Waals surface area contributed by atoms with E-state index in [1.807, 2.05) is 13.8 Å². The van der Waals surface area contributed by atoms with Crippen molar-refractivity contribution in [1.82, 2.24) is 0 Å². The third-order valence-electron chi connectivity index (χ3n) is 3.15. The average molecular weight is 330 g/mol. The summed E-state index contributed by atoms with van der Waals surface area (Å²) in [6, 6.07) is 10.7. The standard InChI is InChI=1S/C17H18N2O5/c1-11(2)24-16-8-5-14(19(21)22)9-13(16)10-23-15-6-3-12(4-7-15)17(18)20/h3-9,11H,10H2,1-2H3,(H2,18,20). The molecule has 0 radical (unpaired) electrons. The van der Waals surface area contributed by atoms with Crippen LogP contribution in [0.3, 0.4) is 0 Å². The van der Waals surface area contributed by atoms with E-state index in [-0.39, 0.29) is 18.4 Å². The number of hydrogen-bond donors (Lipinski definition) is 1. The largest absolute Gasteiger partial charge is 0.491 e. The quantitative estimate of drug-likeness (QED) is 0.620. The number of nitro groups is 1. The van der Waals surface area contributed by atoms with Gasteiger partial charge in [0.05, 0.1) is 11.0 Å². The van der Waals surface area contributed by atoms with Crippen LogP contribution in [0.2, 0.25) is 0 Å². The molecule has 0 saturated carbocycles.